The molecule has 0 saturated carbocycles. The summed E-state index contributed by atoms with van der Waals surface area (Å²) >= 11 is 0. The van der Waals surface area contributed by atoms with Gasteiger partial charge in [-0.3, -0.25) is 9.59 Å². The summed E-state index contributed by atoms with van der Waals surface area (Å²) < 4.78 is 10.9. The second-order valence-electron chi connectivity index (χ2n) is 6.12. The zero-order chi connectivity index (χ0) is 18.8. The van der Waals surface area contributed by atoms with E-state index in [4.69, 9.17) is 9.15 Å². The van der Waals surface area contributed by atoms with E-state index in [-0.39, 0.29) is 11.7 Å². The number of carbonyl (C=O) groups is 2. The van der Waals surface area contributed by atoms with Gasteiger partial charge in [0.1, 0.15) is 11.3 Å². The maximum atomic E-state index is 12.7. The molecule has 134 valence electrons. The van der Waals surface area contributed by atoms with Crippen LogP contribution in [0.3, 0.4) is 0 Å². The maximum Gasteiger partial charge on any atom is 0.291 e. The molecule has 2 amide bonds. The molecule has 3 rings (SSSR count). The van der Waals surface area contributed by atoms with Gasteiger partial charge in [-0.2, -0.15) is 0 Å². The van der Waals surface area contributed by atoms with Crippen LogP contribution in [0.1, 0.15) is 26.5 Å². The van der Waals surface area contributed by atoms with Crippen LogP contribution in [0.25, 0.3) is 11.0 Å². The molecule has 1 N–H and O–H groups in total. The summed E-state index contributed by atoms with van der Waals surface area (Å²) in [6.07, 6.45) is 0. The maximum absolute atomic E-state index is 12.7. The minimum atomic E-state index is -0.406. The van der Waals surface area contributed by atoms with E-state index in [9.17, 15) is 9.59 Å². The molecule has 2 aromatic carbocycles. The number of nitrogens with zero attached hydrogens (tertiary/aromatic N) is 1. The van der Waals surface area contributed by atoms with Crippen molar-refractivity contribution in [2.45, 2.75) is 6.92 Å². The monoisotopic (exact) mass is 352 g/mol. The number of benzene rings is 2. The average molecular weight is 352 g/mol. The quantitative estimate of drug-likeness (QED) is 0.777. The lowest BCUT2D eigenvalue weighted by molar-refractivity contribution is 0.0828. The molecule has 3 aromatic rings. The van der Waals surface area contributed by atoms with Crippen molar-refractivity contribution < 1.29 is 18.7 Å². The summed E-state index contributed by atoms with van der Waals surface area (Å²) in [7, 11) is 4.92. The van der Waals surface area contributed by atoms with Crippen LogP contribution in [0, 0.1) is 6.92 Å². The molecular weight excluding hydrogens is 332 g/mol. The Morgan fingerprint density at radius 1 is 1.12 bits per heavy atom. The zero-order valence-electron chi connectivity index (χ0n) is 15.1. The normalized spacial score (nSPS) is 10.6. The molecule has 0 aliphatic carbocycles. The van der Waals surface area contributed by atoms with E-state index >= 15 is 0 Å². The molecule has 0 unspecified atom stereocenters. The van der Waals surface area contributed by atoms with Crippen LogP contribution in [-0.4, -0.2) is 37.9 Å². The van der Waals surface area contributed by atoms with Crippen LogP contribution in [0.15, 0.2) is 46.9 Å². The number of furan rings is 1. The zero-order valence-corrected chi connectivity index (χ0v) is 15.1. The van der Waals surface area contributed by atoms with Crippen LogP contribution >= 0.6 is 0 Å². The van der Waals surface area contributed by atoms with Crippen molar-refractivity contribution in [3.8, 4) is 5.75 Å². The summed E-state index contributed by atoms with van der Waals surface area (Å²) in [6.45, 7) is 1.82. The molecule has 0 fully saturated rings. The standard InChI is InChI=1S/C20H20N2O4/c1-12-15-11-13(25-4)9-10-17(15)26-18(12)19(23)21-16-8-6-5-7-14(16)20(24)22(2)3/h5-11H,1-4H3,(H,21,23). The van der Waals surface area contributed by atoms with Gasteiger partial charge in [0, 0.05) is 25.0 Å². The van der Waals surface area contributed by atoms with Crippen LogP contribution in [0.2, 0.25) is 0 Å². The third-order valence-electron chi connectivity index (χ3n) is 4.16. The third-order valence-corrected chi connectivity index (χ3v) is 4.16. The summed E-state index contributed by atoms with van der Waals surface area (Å²) in [5, 5.41) is 3.59. The number of methoxy groups -OCH3 is 1. The molecule has 0 saturated heterocycles. The van der Waals surface area contributed by atoms with Gasteiger partial charge in [0.2, 0.25) is 0 Å². The Bertz CT molecular complexity index is 989. The molecule has 0 aliphatic rings. The van der Waals surface area contributed by atoms with Crippen molar-refractivity contribution in [3.05, 3.63) is 59.4 Å². The minimum absolute atomic E-state index is 0.188. The lowest BCUT2D eigenvalue weighted by Crippen LogP contribution is -2.24. The number of carbonyl (C=O) groups excluding carboxylic acids is 2. The fourth-order valence-electron chi connectivity index (χ4n) is 2.74. The SMILES string of the molecule is COc1ccc2oc(C(=O)Nc3ccccc3C(=O)N(C)C)c(C)c2c1. The van der Waals surface area contributed by atoms with Gasteiger partial charge in [-0.25, -0.2) is 0 Å². The lowest BCUT2D eigenvalue weighted by atomic mass is 10.1. The summed E-state index contributed by atoms with van der Waals surface area (Å²) in [4.78, 5) is 26.5. The number of ether oxygens (including phenoxy) is 1. The van der Waals surface area contributed by atoms with Gasteiger partial charge in [0.25, 0.3) is 11.8 Å². The van der Waals surface area contributed by atoms with Gasteiger partial charge in [0.05, 0.1) is 18.4 Å². The number of hydrogen-bond donors (Lipinski definition) is 1. The van der Waals surface area contributed by atoms with Crippen LogP contribution < -0.4 is 10.1 Å². The number of nitrogens with one attached hydrogen (secondary N) is 1. The Hall–Kier alpha value is -3.28. The third kappa shape index (κ3) is 3.13. The van der Waals surface area contributed by atoms with Gasteiger partial charge in [-0.05, 0) is 37.3 Å². The van der Waals surface area contributed by atoms with E-state index in [1.807, 2.05) is 13.0 Å². The molecule has 0 bridgehead atoms. The van der Waals surface area contributed by atoms with Crippen LogP contribution in [0.5, 0.6) is 5.75 Å². The number of para-hydroxylation sites is 1. The highest BCUT2D eigenvalue weighted by atomic mass is 16.5. The highest BCUT2D eigenvalue weighted by Crippen LogP contribution is 2.29. The van der Waals surface area contributed by atoms with Gasteiger partial charge in [-0.15, -0.1) is 0 Å². The second kappa shape index (κ2) is 6.92. The number of hydrogen-bond acceptors (Lipinski definition) is 4. The molecule has 0 atom stereocenters. The minimum Gasteiger partial charge on any atom is -0.497 e. The Morgan fingerprint density at radius 3 is 2.54 bits per heavy atom. The van der Waals surface area contributed by atoms with E-state index < -0.39 is 5.91 Å². The van der Waals surface area contributed by atoms with Gasteiger partial charge in [-0.1, -0.05) is 12.1 Å². The molecular formula is C20H20N2O4. The molecule has 0 radical (unpaired) electrons. The van der Waals surface area contributed by atoms with Crippen molar-refractivity contribution in [2.24, 2.45) is 0 Å². The van der Waals surface area contributed by atoms with Crippen molar-refractivity contribution in [1.29, 1.82) is 0 Å². The Kier molecular flexibility index (Phi) is 4.67. The molecule has 0 aliphatic heterocycles. The highest BCUT2D eigenvalue weighted by molar-refractivity contribution is 6.10. The van der Waals surface area contributed by atoms with E-state index in [1.54, 1.807) is 57.6 Å². The second-order valence-corrected chi connectivity index (χ2v) is 6.12. The number of amides is 2. The predicted octanol–water partition coefficient (Wildman–Crippen LogP) is 3.70. The Labute approximate surface area is 151 Å². The van der Waals surface area contributed by atoms with Gasteiger partial charge < -0.3 is 19.4 Å². The average Bonchev–Trinajstić information content (AvgIpc) is 2.97. The number of rotatable bonds is 4. The molecule has 6 nitrogen and oxygen atoms in total. The Balaban J connectivity index is 1.96. The van der Waals surface area contributed by atoms with Gasteiger partial charge in [0.15, 0.2) is 5.76 Å². The predicted molar refractivity (Wildman–Crippen MR) is 99.9 cm³/mol. The fourth-order valence-corrected chi connectivity index (χ4v) is 2.74. The van der Waals surface area contributed by atoms with Crippen molar-refractivity contribution in [2.75, 3.05) is 26.5 Å². The molecule has 1 heterocycles. The first-order chi connectivity index (χ1) is 12.4. The van der Waals surface area contributed by atoms with Gasteiger partial charge >= 0.3 is 0 Å². The molecule has 26 heavy (non-hydrogen) atoms. The first kappa shape index (κ1) is 17.5. The summed E-state index contributed by atoms with van der Waals surface area (Å²) in [5.41, 5.74) is 2.17. The highest BCUT2D eigenvalue weighted by Gasteiger charge is 2.21. The topological polar surface area (TPSA) is 71.8 Å². The van der Waals surface area contributed by atoms with E-state index in [1.165, 1.54) is 4.90 Å². The van der Waals surface area contributed by atoms with Crippen LogP contribution in [0.4, 0.5) is 5.69 Å². The first-order valence-electron chi connectivity index (χ1n) is 8.11. The summed E-state index contributed by atoms with van der Waals surface area (Å²) in [6, 6.07) is 12.3. The molecule has 1 aromatic heterocycles. The van der Waals surface area contributed by atoms with E-state index in [0.717, 1.165) is 5.39 Å². The van der Waals surface area contributed by atoms with E-state index in [2.05, 4.69) is 5.32 Å². The molecule has 0 spiro atoms. The molecule has 6 heteroatoms. The lowest BCUT2D eigenvalue weighted by Gasteiger charge is -2.14. The fraction of sp³-hybridized carbons (Fsp3) is 0.200. The van der Waals surface area contributed by atoms with Crippen LogP contribution in [-0.2, 0) is 0 Å². The summed E-state index contributed by atoms with van der Waals surface area (Å²) in [5.74, 6) is 0.305. The Morgan fingerprint density at radius 2 is 1.85 bits per heavy atom. The number of aryl methyl sites for hydroxylation is 1. The number of anilines is 1. The van der Waals surface area contributed by atoms with Crippen molar-refractivity contribution >= 4 is 28.5 Å². The van der Waals surface area contributed by atoms with Crippen molar-refractivity contribution in [1.82, 2.24) is 4.90 Å². The first-order valence-corrected chi connectivity index (χ1v) is 8.11. The van der Waals surface area contributed by atoms with E-state index in [0.29, 0.717) is 28.1 Å². The largest absolute Gasteiger partial charge is 0.497 e. The smallest absolute Gasteiger partial charge is 0.291 e. The number of fused-ring (bicyclic) bond motifs is 1. The van der Waals surface area contributed by atoms with Crippen molar-refractivity contribution in [3.63, 3.8) is 0 Å².